The fraction of sp³-hybridized carbons (Fsp3) is 0.200. The molecule has 2 amide bonds. The highest BCUT2D eigenvalue weighted by Crippen LogP contribution is 2.45. The minimum atomic E-state index is -0.253. The molecule has 1 fully saturated rings. The first-order chi connectivity index (χ1) is 10.1. The summed E-state index contributed by atoms with van der Waals surface area (Å²) in [5.41, 5.74) is 1.25. The van der Waals surface area contributed by atoms with E-state index in [-0.39, 0.29) is 12.1 Å². The molecule has 1 aliphatic carbocycles. The highest BCUT2D eigenvalue weighted by atomic mass is 79.9. The third kappa shape index (κ3) is 3.39. The lowest BCUT2D eigenvalue weighted by atomic mass is 10.1. The van der Waals surface area contributed by atoms with Crippen molar-refractivity contribution in [1.82, 2.24) is 9.29 Å². The number of hydrogen-bond donors (Lipinski definition) is 2. The number of carbonyl (C=O) groups excluding carboxylic acids is 1. The fourth-order valence-electron chi connectivity index (χ4n) is 2.28. The Labute approximate surface area is 137 Å². The van der Waals surface area contributed by atoms with Crippen molar-refractivity contribution in [3.63, 3.8) is 0 Å². The van der Waals surface area contributed by atoms with Crippen LogP contribution in [-0.2, 0) is 0 Å². The molecule has 2 unspecified atom stereocenters. The minimum absolute atomic E-state index is 0.131. The van der Waals surface area contributed by atoms with Gasteiger partial charge < -0.3 is 0 Å². The molecule has 3 rings (SSSR count). The van der Waals surface area contributed by atoms with E-state index < -0.39 is 0 Å². The molecule has 108 valence electrons. The Kier molecular flexibility index (Phi) is 4.17. The van der Waals surface area contributed by atoms with Gasteiger partial charge in [-0.15, -0.1) is 0 Å². The van der Waals surface area contributed by atoms with Crippen LogP contribution in [-0.4, -0.2) is 21.4 Å². The summed E-state index contributed by atoms with van der Waals surface area (Å²) in [7, 11) is 0. The molecule has 0 radical (unpaired) electrons. The number of aromatic nitrogens is 1. The first-order valence-electron chi connectivity index (χ1n) is 6.61. The number of carbonyl (C=O) groups is 1. The summed E-state index contributed by atoms with van der Waals surface area (Å²) < 4.78 is 2.33. The van der Waals surface area contributed by atoms with Gasteiger partial charge in [0, 0.05) is 16.6 Å². The smallest absolute Gasteiger partial charge is 0.291 e. The van der Waals surface area contributed by atoms with Gasteiger partial charge in [0.05, 0.1) is 6.04 Å². The van der Waals surface area contributed by atoms with Crippen LogP contribution in [0.2, 0.25) is 0 Å². The van der Waals surface area contributed by atoms with E-state index in [9.17, 15) is 4.79 Å². The van der Waals surface area contributed by atoms with Crippen LogP contribution in [0.1, 0.15) is 17.9 Å². The number of hydrogen-bond acceptors (Lipinski definition) is 3. The molecule has 1 saturated carbocycles. The molecular formula is C15H14BrN3OS. The van der Waals surface area contributed by atoms with Gasteiger partial charge in [0.25, 0.3) is 0 Å². The highest BCUT2D eigenvalue weighted by Gasteiger charge is 2.44. The van der Waals surface area contributed by atoms with Crippen LogP contribution in [0.3, 0.4) is 0 Å². The van der Waals surface area contributed by atoms with E-state index in [1.54, 1.807) is 12.3 Å². The predicted molar refractivity (Wildman–Crippen MR) is 89.4 cm³/mol. The minimum Gasteiger partial charge on any atom is -0.291 e. The van der Waals surface area contributed by atoms with Crippen molar-refractivity contribution in [1.29, 1.82) is 0 Å². The van der Waals surface area contributed by atoms with Crippen LogP contribution in [0.25, 0.3) is 0 Å². The fourth-order valence-corrected chi connectivity index (χ4v) is 2.82. The number of nitrogens with zero attached hydrogens (tertiary/aromatic N) is 2. The summed E-state index contributed by atoms with van der Waals surface area (Å²) in [5, 5.41) is 2.74. The molecule has 1 aromatic carbocycles. The third-order valence-electron chi connectivity index (χ3n) is 3.47. The van der Waals surface area contributed by atoms with Crippen molar-refractivity contribution in [2.24, 2.45) is 0 Å². The molecule has 0 aliphatic heterocycles. The molecule has 1 aromatic heterocycles. The molecule has 2 atom stereocenters. The molecular weight excluding hydrogens is 350 g/mol. The van der Waals surface area contributed by atoms with Crippen LogP contribution in [0.4, 0.5) is 10.6 Å². The molecule has 2 aromatic rings. The zero-order valence-electron chi connectivity index (χ0n) is 11.1. The van der Waals surface area contributed by atoms with Crippen molar-refractivity contribution in [2.75, 3.05) is 5.32 Å². The van der Waals surface area contributed by atoms with E-state index >= 15 is 0 Å². The van der Waals surface area contributed by atoms with Gasteiger partial charge in [0.2, 0.25) is 0 Å². The SMILES string of the molecule is O=C(Nc1ccc(Br)cn1)N(S)C1CC1c1ccccc1. The maximum Gasteiger partial charge on any atom is 0.333 e. The molecule has 0 spiro atoms. The standard InChI is InChI=1S/C15H14BrN3OS/c16-11-6-7-14(17-9-11)18-15(20)19(21)13-8-12(13)10-4-2-1-3-5-10/h1-7,9,12-13,21H,8H2,(H,17,18,20). The van der Waals surface area contributed by atoms with Crippen molar-refractivity contribution < 1.29 is 4.79 Å². The van der Waals surface area contributed by atoms with E-state index in [2.05, 4.69) is 51.2 Å². The van der Waals surface area contributed by atoms with Crippen LogP contribution in [0.5, 0.6) is 0 Å². The number of pyridine rings is 1. The van der Waals surface area contributed by atoms with Crippen LogP contribution in [0, 0.1) is 0 Å². The first-order valence-corrected chi connectivity index (χ1v) is 7.80. The average Bonchev–Trinajstić information content (AvgIpc) is 3.30. The molecule has 4 nitrogen and oxygen atoms in total. The van der Waals surface area contributed by atoms with Crippen LogP contribution >= 0.6 is 28.7 Å². The number of rotatable bonds is 3. The Morgan fingerprint density at radius 2 is 2.05 bits per heavy atom. The number of halogens is 1. The van der Waals surface area contributed by atoms with Gasteiger partial charge in [-0.3, -0.25) is 9.62 Å². The second kappa shape index (κ2) is 6.07. The highest BCUT2D eigenvalue weighted by molar-refractivity contribution is 9.10. The zero-order valence-corrected chi connectivity index (χ0v) is 13.6. The Balaban J connectivity index is 1.60. The Morgan fingerprint density at radius 3 is 2.71 bits per heavy atom. The Bertz CT molecular complexity index is 635. The number of amides is 2. The molecule has 1 heterocycles. The Morgan fingerprint density at radius 1 is 1.29 bits per heavy atom. The maximum absolute atomic E-state index is 12.1. The lowest BCUT2D eigenvalue weighted by Gasteiger charge is -2.16. The van der Waals surface area contributed by atoms with Gasteiger partial charge >= 0.3 is 6.03 Å². The number of urea groups is 1. The molecule has 0 bridgehead atoms. The Hall–Kier alpha value is -1.53. The van der Waals surface area contributed by atoms with Crippen LogP contribution in [0.15, 0.2) is 53.1 Å². The molecule has 21 heavy (non-hydrogen) atoms. The summed E-state index contributed by atoms with van der Waals surface area (Å²) in [6, 6.07) is 13.6. The number of anilines is 1. The molecule has 0 saturated heterocycles. The largest absolute Gasteiger partial charge is 0.333 e. The van der Waals surface area contributed by atoms with Crippen molar-refractivity contribution in [3.05, 3.63) is 58.7 Å². The van der Waals surface area contributed by atoms with Gasteiger partial charge in [-0.1, -0.05) is 43.1 Å². The second-order valence-corrected chi connectivity index (χ2v) is 6.30. The van der Waals surface area contributed by atoms with Gasteiger partial charge in [-0.25, -0.2) is 9.78 Å². The molecule has 6 heteroatoms. The number of thiol groups is 1. The summed E-state index contributed by atoms with van der Waals surface area (Å²) in [5.74, 6) is 0.881. The van der Waals surface area contributed by atoms with E-state index in [4.69, 9.17) is 0 Å². The van der Waals surface area contributed by atoms with Gasteiger partial charge in [-0.2, -0.15) is 0 Å². The van der Waals surface area contributed by atoms with Crippen molar-refractivity contribution >= 4 is 40.6 Å². The first kappa shape index (κ1) is 14.4. The summed E-state index contributed by atoms with van der Waals surface area (Å²) in [6.45, 7) is 0. The van der Waals surface area contributed by atoms with Gasteiger partial charge in [0.15, 0.2) is 0 Å². The number of benzene rings is 1. The van der Waals surface area contributed by atoms with Crippen LogP contribution < -0.4 is 5.32 Å². The quantitative estimate of drug-likeness (QED) is 0.807. The van der Waals surface area contributed by atoms with E-state index in [0.717, 1.165) is 10.9 Å². The predicted octanol–water partition coefficient (Wildman–Crippen LogP) is 4.08. The lowest BCUT2D eigenvalue weighted by molar-refractivity contribution is 0.237. The van der Waals surface area contributed by atoms with Crippen molar-refractivity contribution in [3.8, 4) is 0 Å². The topological polar surface area (TPSA) is 45.2 Å². The molecule has 1 aliphatic rings. The average molecular weight is 364 g/mol. The van der Waals surface area contributed by atoms with Crippen molar-refractivity contribution in [2.45, 2.75) is 18.4 Å². The monoisotopic (exact) mass is 363 g/mol. The summed E-state index contributed by atoms with van der Waals surface area (Å²) >= 11 is 7.63. The van der Waals surface area contributed by atoms with Gasteiger partial charge in [-0.05, 0) is 40.0 Å². The zero-order chi connectivity index (χ0) is 14.8. The summed E-state index contributed by atoms with van der Waals surface area (Å²) in [4.78, 5) is 16.3. The second-order valence-electron chi connectivity index (χ2n) is 4.96. The normalized spacial score (nSPS) is 19.9. The molecule has 1 N–H and O–H groups in total. The summed E-state index contributed by atoms with van der Waals surface area (Å²) in [6.07, 6.45) is 2.58. The third-order valence-corrected chi connectivity index (χ3v) is 4.42. The lowest BCUT2D eigenvalue weighted by Crippen LogP contribution is -2.30. The van der Waals surface area contributed by atoms with E-state index in [1.807, 2.05) is 24.3 Å². The van der Waals surface area contributed by atoms with E-state index in [1.165, 1.54) is 9.87 Å². The van der Waals surface area contributed by atoms with Gasteiger partial charge in [0.1, 0.15) is 5.82 Å². The number of nitrogens with one attached hydrogen (secondary N) is 1. The van der Waals surface area contributed by atoms with E-state index in [0.29, 0.717) is 11.7 Å². The maximum atomic E-state index is 12.1.